The van der Waals surface area contributed by atoms with Crippen LogP contribution < -0.4 is 0 Å². The van der Waals surface area contributed by atoms with Gasteiger partial charge in [0.1, 0.15) is 0 Å². The topological polar surface area (TPSA) is 46.6 Å². The van der Waals surface area contributed by atoms with E-state index in [0.717, 1.165) is 9.87 Å². The number of hydrogen-bond acceptors (Lipinski definition) is 3. The fraction of sp³-hybridized carbons (Fsp3) is 0.222. The summed E-state index contributed by atoms with van der Waals surface area (Å²) in [6.07, 6.45) is 0. The Hall–Kier alpha value is -0.620. The van der Waals surface area contributed by atoms with E-state index >= 15 is 0 Å². The van der Waals surface area contributed by atoms with Gasteiger partial charge in [0.05, 0.1) is 13.2 Å². The molecule has 6 heteroatoms. The summed E-state index contributed by atoms with van der Waals surface area (Å²) in [5.41, 5.74) is 0.754. The van der Waals surface area contributed by atoms with Crippen LogP contribution in [0.15, 0.2) is 24.3 Å². The van der Waals surface area contributed by atoms with E-state index in [1.807, 2.05) is 6.07 Å². The average molecular weight is 247 g/mol. The van der Waals surface area contributed by atoms with Crippen molar-refractivity contribution in [2.24, 2.45) is 0 Å². The second-order valence-corrected chi connectivity index (χ2v) is 5.03. The Morgan fingerprint density at radius 1 is 1.40 bits per heavy atom. The molecule has 0 N–H and O–H groups in total. The zero-order chi connectivity index (χ0) is 10.9. The lowest BCUT2D eigenvalue weighted by Crippen LogP contribution is -2.22. The monoisotopic (exact) mass is 246 g/mol. The molecule has 4 nitrogen and oxygen atoms in total. The number of rotatable bonds is 2. The van der Waals surface area contributed by atoms with Crippen LogP contribution in [-0.4, -0.2) is 19.3 Å². The van der Waals surface area contributed by atoms with Crippen LogP contribution in [0, 0.1) is 6.54 Å². The maximum atomic E-state index is 11.3. The summed E-state index contributed by atoms with van der Waals surface area (Å²) in [6, 6.07) is 7.11. The van der Waals surface area contributed by atoms with Crippen molar-refractivity contribution in [2.75, 3.05) is 6.61 Å². The normalized spacial score (nSPS) is 20.6. The molecule has 1 aliphatic rings. The Kier molecular flexibility index (Phi) is 2.97. The zero-order valence-electron chi connectivity index (χ0n) is 7.76. The van der Waals surface area contributed by atoms with Gasteiger partial charge in [-0.15, -0.1) is 0 Å². The maximum Gasteiger partial charge on any atom is 0.339 e. The van der Waals surface area contributed by atoms with E-state index in [0.29, 0.717) is 5.02 Å². The third-order valence-corrected chi connectivity index (χ3v) is 3.72. The van der Waals surface area contributed by atoms with Crippen molar-refractivity contribution in [1.82, 2.24) is 4.31 Å². The zero-order valence-corrected chi connectivity index (χ0v) is 9.33. The molecule has 1 aromatic carbocycles. The van der Waals surface area contributed by atoms with Crippen LogP contribution in [0.2, 0.25) is 5.02 Å². The van der Waals surface area contributed by atoms with Crippen molar-refractivity contribution in [3.63, 3.8) is 0 Å². The van der Waals surface area contributed by atoms with Gasteiger partial charge < -0.3 is 0 Å². The summed E-state index contributed by atoms with van der Waals surface area (Å²) in [5, 5.41) is 0.549. The van der Waals surface area contributed by atoms with Crippen LogP contribution in [0.25, 0.3) is 0 Å². The first-order valence-corrected chi connectivity index (χ1v) is 6.07. The molecule has 81 valence electrons. The molecule has 2 rings (SSSR count). The van der Waals surface area contributed by atoms with Crippen molar-refractivity contribution in [1.29, 1.82) is 0 Å². The Bertz CT molecular complexity index is 460. The number of benzene rings is 1. The Labute approximate surface area is 93.7 Å². The van der Waals surface area contributed by atoms with E-state index in [2.05, 4.69) is 4.18 Å². The van der Waals surface area contributed by atoms with Crippen molar-refractivity contribution in [3.05, 3.63) is 41.4 Å². The summed E-state index contributed by atoms with van der Waals surface area (Å²) < 4.78 is 28.3. The second-order valence-electron chi connectivity index (χ2n) is 3.06. The van der Waals surface area contributed by atoms with E-state index in [-0.39, 0.29) is 13.2 Å². The summed E-state index contributed by atoms with van der Waals surface area (Å²) in [7, 11) is -3.58. The molecule has 1 aromatic rings. The SMILES string of the molecule is O=S1(=O)OC[CH]N1Cc1ccccc1Cl. The summed E-state index contributed by atoms with van der Waals surface area (Å²) >= 11 is 5.92. The molecule has 1 aliphatic heterocycles. The molecule has 0 spiro atoms. The highest BCUT2D eigenvalue weighted by Gasteiger charge is 2.30. The first kappa shape index (κ1) is 10.9. The molecule has 1 radical (unpaired) electrons. The van der Waals surface area contributed by atoms with Gasteiger partial charge in [-0.2, -0.15) is 12.7 Å². The van der Waals surface area contributed by atoms with Gasteiger partial charge in [0.15, 0.2) is 0 Å². The van der Waals surface area contributed by atoms with Gasteiger partial charge in [0.25, 0.3) is 0 Å². The average Bonchev–Trinajstić information content (AvgIpc) is 2.50. The van der Waals surface area contributed by atoms with Crippen molar-refractivity contribution < 1.29 is 12.6 Å². The minimum absolute atomic E-state index is 0.0901. The van der Waals surface area contributed by atoms with Gasteiger partial charge in [-0.3, -0.25) is 4.18 Å². The predicted molar refractivity (Wildman–Crippen MR) is 56.2 cm³/mol. The van der Waals surface area contributed by atoms with Crippen molar-refractivity contribution >= 4 is 21.9 Å². The molecule has 0 atom stereocenters. The Morgan fingerprint density at radius 2 is 2.13 bits per heavy atom. The minimum atomic E-state index is -3.58. The van der Waals surface area contributed by atoms with Crippen LogP contribution >= 0.6 is 11.6 Å². The highest BCUT2D eigenvalue weighted by molar-refractivity contribution is 7.84. The fourth-order valence-electron chi connectivity index (χ4n) is 1.30. The quantitative estimate of drug-likeness (QED) is 0.796. The van der Waals surface area contributed by atoms with Crippen LogP contribution in [0.3, 0.4) is 0 Å². The Balaban J connectivity index is 2.20. The lowest BCUT2D eigenvalue weighted by atomic mass is 10.2. The molecule has 1 fully saturated rings. The van der Waals surface area contributed by atoms with Crippen LogP contribution in [0.5, 0.6) is 0 Å². The molecular formula is C9H9ClNO3S. The molecule has 0 saturated carbocycles. The van der Waals surface area contributed by atoms with Gasteiger partial charge >= 0.3 is 10.3 Å². The third-order valence-electron chi connectivity index (χ3n) is 2.07. The smallest absolute Gasteiger partial charge is 0.256 e. The summed E-state index contributed by atoms with van der Waals surface area (Å²) in [6.45, 7) is 1.79. The maximum absolute atomic E-state index is 11.3. The van der Waals surface area contributed by atoms with Crippen LogP contribution in [-0.2, 0) is 21.0 Å². The van der Waals surface area contributed by atoms with Crippen molar-refractivity contribution in [3.8, 4) is 0 Å². The lowest BCUT2D eigenvalue weighted by Gasteiger charge is -2.12. The number of nitrogens with zero attached hydrogens (tertiary/aromatic N) is 1. The molecular weight excluding hydrogens is 238 g/mol. The number of hydrogen-bond donors (Lipinski definition) is 0. The van der Waals surface area contributed by atoms with Crippen LogP contribution in [0.4, 0.5) is 0 Å². The van der Waals surface area contributed by atoms with E-state index in [1.165, 1.54) is 6.54 Å². The van der Waals surface area contributed by atoms with Gasteiger partial charge in [-0.25, -0.2) is 0 Å². The fourth-order valence-corrected chi connectivity index (χ4v) is 2.40. The van der Waals surface area contributed by atoms with Gasteiger partial charge in [0, 0.05) is 11.6 Å². The van der Waals surface area contributed by atoms with Gasteiger partial charge in [0.2, 0.25) is 0 Å². The third kappa shape index (κ3) is 2.31. The standard InChI is InChI=1S/C9H9ClNO3S/c10-9-4-2-1-3-8(9)7-11-5-6-14-15(11,12)13/h1-5H,6-7H2. The first-order valence-electron chi connectivity index (χ1n) is 4.32. The molecule has 1 saturated heterocycles. The molecule has 0 aromatic heterocycles. The predicted octanol–water partition coefficient (Wildman–Crippen LogP) is 1.58. The largest absolute Gasteiger partial charge is 0.339 e. The van der Waals surface area contributed by atoms with E-state index in [1.54, 1.807) is 18.2 Å². The van der Waals surface area contributed by atoms with Crippen LogP contribution in [0.1, 0.15) is 5.56 Å². The highest BCUT2D eigenvalue weighted by atomic mass is 35.5. The van der Waals surface area contributed by atoms with E-state index in [4.69, 9.17) is 11.6 Å². The molecule has 0 aliphatic carbocycles. The molecule has 0 unspecified atom stereocenters. The van der Waals surface area contributed by atoms with E-state index in [9.17, 15) is 8.42 Å². The molecule has 0 bridgehead atoms. The van der Waals surface area contributed by atoms with Crippen molar-refractivity contribution in [2.45, 2.75) is 6.54 Å². The summed E-state index contributed by atoms with van der Waals surface area (Å²) in [4.78, 5) is 0. The molecule has 15 heavy (non-hydrogen) atoms. The minimum Gasteiger partial charge on any atom is -0.256 e. The number of halogens is 1. The lowest BCUT2D eigenvalue weighted by molar-refractivity contribution is 0.368. The van der Waals surface area contributed by atoms with E-state index < -0.39 is 10.3 Å². The summed E-state index contributed by atoms with van der Waals surface area (Å²) in [5.74, 6) is 0. The molecule has 1 heterocycles. The van der Waals surface area contributed by atoms with Gasteiger partial charge in [-0.1, -0.05) is 29.8 Å². The highest BCUT2D eigenvalue weighted by Crippen LogP contribution is 2.22. The van der Waals surface area contributed by atoms with Gasteiger partial charge in [-0.05, 0) is 11.6 Å². The molecule has 0 amide bonds. The Morgan fingerprint density at radius 3 is 2.73 bits per heavy atom. The second kappa shape index (κ2) is 4.09. The first-order chi connectivity index (χ1) is 7.09.